The average molecular weight is 302 g/mol. The Morgan fingerprint density at radius 1 is 1.29 bits per heavy atom. The summed E-state index contributed by atoms with van der Waals surface area (Å²) in [5, 5.41) is 3.09. The van der Waals surface area contributed by atoms with Crippen molar-refractivity contribution in [2.45, 2.75) is 31.7 Å². The van der Waals surface area contributed by atoms with E-state index in [0.29, 0.717) is 10.9 Å². The molecule has 0 saturated heterocycles. The summed E-state index contributed by atoms with van der Waals surface area (Å²) < 4.78 is 9.52. The molecule has 1 fully saturated rings. The second-order valence-corrected chi connectivity index (χ2v) is 6.06. The van der Waals surface area contributed by atoms with Crippen LogP contribution in [0.5, 0.6) is 5.75 Å². The van der Waals surface area contributed by atoms with Gasteiger partial charge in [0.05, 0.1) is 12.8 Å². The summed E-state index contributed by atoms with van der Waals surface area (Å²) in [4.78, 5) is 12.9. The van der Waals surface area contributed by atoms with Crippen molar-refractivity contribution >= 4 is 17.4 Å². The van der Waals surface area contributed by atoms with Crippen molar-refractivity contribution in [2.75, 3.05) is 7.11 Å². The number of rotatable bonds is 4. The lowest BCUT2D eigenvalue weighted by atomic mass is 10.1. The zero-order chi connectivity index (χ0) is 14.7. The van der Waals surface area contributed by atoms with Gasteiger partial charge in [-0.2, -0.15) is 4.37 Å². The molecule has 110 valence electrons. The van der Waals surface area contributed by atoms with E-state index in [9.17, 15) is 4.79 Å². The minimum atomic E-state index is -0.000776. The first kappa shape index (κ1) is 14.1. The number of hydrogen-bond acceptors (Lipinski definition) is 4. The van der Waals surface area contributed by atoms with E-state index in [2.05, 4.69) is 9.69 Å². The lowest BCUT2D eigenvalue weighted by Crippen LogP contribution is -2.31. The van der Waals surface area contributed by atoms with Crippen LogP contribution in [0.2, 0.25) is 0 Å². The van der Waals surface area contributed by atoms with Gasteiger partial charge in [-0.3, -0.25) is 4.79 Å². The molecule has 0 bridgehead atoms. The normalized spacial score (nSPS) is 15.1. The van der Waals surface area contributed by atoms with Crippen molar-refractivity contribution in [3.05, 3.63) is 35.2 Å². The molecule has 0 unspecified atom stereocenters. The molecule has 1 heterocycles. The fourth-order valence-corrected chi connectivity index (χ4v) is 3.27. The van der Waals surface area contributed by atoms with Crippen molar-refractivity contribution in [3.8, 4) is 17.0 Å². The van der Waals surface area contributed by atoms with Crippen LogP contribution in [0, 0.1) is 0 Å². The molecule has 1 aliphatic rings. The molecule has 1 aromatic carbocycles. The second kappa shape index (κ2) is 6.26. The van der Waals surface area contributed by atoms with Gasteiger partial charge in [-0.15, -0.1) is 0 Å². The maximum absolute atomic E-state index is 12.2. The minimum Gasteiger partial charge on any atom is -0.497 e. The topological polar surface area (TPSA) is 51.2 Å². The highest BCUT2D eigenvalue weighted by molar-refractivity contribution is 7.08. The lowest BCUT2D eigenvalue weighted by Gasteiger charge is -2.09. The molecule has 0 aliphatic heterocycles. The van der Waals surface area contributed by atoms with Gasteiger partial charge in [0.15, 0.2) is 0 Å². The van der Waals surface area contributed by atoms with Crippen LogP contribution in [-0.4, -0.2) is 23.4 Å². The van der Waals surface area contributed by atoms with Crippen LogP contribution in [0.4, 0.5) is 0 Å². The number of aromatic nitrogens is 1. The fraction of sp³-hybridized carbons (Fsp3) is 0.375. The van der Waals surface area contributed by atoms with Gasteiger partial charge in [0.2, 0.25) is 0 Å². The van der Waals surface area contributed by atoms with Crippen LogP contribution in [0.3, 0.4) is 0 Å². The molecule has 0 radical (unpaired) electrons. The van der Waals surface area contributed by atoms with Crippen LogP contribution >= 0.6 is 11.5 Å². The molecule has 2 aromatic rings. The summed E-state index contributed by atoms with van der Waals surface area (Å²) in [5.74, 6) is 0.812. The average Bonchev–Trinajstić information content (AvgIpc) is 3.18. The number of benzene rings is 1. The first-order valence-electron chi connectivity index (χ1n) is 7.18. The number of amides is 1. The summed E-state index contributed by atoms with van der Waals surface area (Å²) in [6.45, 7) is 0. The van der Waals surface area contributed by atoms with Crippen LogP contribution in [0.15, 0.2) is 30.3 Å². The van der Waals surface area contributed by atoms with E-state index >= 15 is 0 Å². The van der Waals surface area contributed by atoms with E-state index in [1.807, 2.05) is 30.3 Å². The monoisotopic (exact) mass is 302 g/mol. The molecule has 21 heavy (non-hydrogen) atoms. The summed E-state index contributed by atoms with van der Waals surface area (Å²) in [5.41, 5.74) is 1.83. The molecular formula is C16H18N2O2S. The largest absolute Gasteiger partial charge is 0.497 e. The fourth-order valence-electron chi connectivity index (χ4n) is 2.61. The molecular weight excluding hydrogens is 284 g/mol. The van der Waals surface area contributed by atoms with Crippen LogP contribution in [0.25, 0.3) is 11.3 Å². The van der Waals surface area contributed by atoms with E-state index in [-0.39, 0.29) is 5.91 Å². The number of hydrogen-bond donors (Lipinski definition) is 1. The minimum absolute atomic E-state index is 0.000776. The summed E-state index contributed by atoms with van der Waals surface area (Å²) in [6, 6.07) is 9.89. The second-order valence-electron chi connectivity index (χ2n) is 5.26. The first-order chi connectivity index (χ1) is 10.3. The molecule has 0 atom stereocenters. The van der Waals surface area contributed by atoms with Gasteiger partial charge in [0, 0.05) is 11.6 Å². The highest BCUT2D eigenvalue weighted by Crippen LogP contribution is 2.25. The standard InChI is InChI=1S/C16H18N2O2S/c1-20-13-8-6-11(7-9-13)14-10-15(21-18-14)16(19)17-12-4-2-3-5-12/h6-10,12H,2-5H2,1H3,(H,17,19). The Morgan fingerprint density at radius 3 is 2.67 bits per heavy atom. The van der Waals surface area contributed by atoms with Gasteiger partial charge in [-0.1, -0.05) is 12.8 Å². The number of carbonyl (C=O) groups is 1. The predicted molar refractivity (Wildman–Crippen MR) is 83.8 cm³/mol. The van der Waals surface area contributed by atoms with Gasteiger partial charge in [0.1, 0.15) is 10.6 Å². The molecule has 3 rings (SSSR count). The van der Waals surface area contributed by atoms with E-state index in [1.54, 1.807) is 7.11 Å². The third-order valence-electron chi connectivity index (χ3n) is 3.81. The third-order valence-corrected chi connectivity index (χ3v) is 4.60. The number of carbonyl (C=O) groups excluding carboxylic acids is 1. The van der Waals surface area contributed by atoms with E-state index in [1.165, 1.54) is 24.4 Å². The Hall–Kier alpha value is -1.88. The lowest BCUT2D eigenvalue weighted by molar-refractivity contribution is 0.0942. The van der Waals surface area contributed by atoms with E-state index < -0.39 is 0 Å². The Balaban J connectivity index is 1.71. The number of nitrogens with one attached hydrogen (secondary N) is 1. The summed E-state index contributed by atoms with van der Waals surface area (Å²) in [7, 11) is 1.64. The molecule has 1 N–H and O–H groups in total. The van der Waals surface area contributed by atoms with Crippen molar-refractivity contribution in [1.29, 1.82) is 0 Å². The van der Waals surface area contributed by atoms with E-state index in [4.69, 9.17) is 4.74 Å². The van der Waals surface area contributed by atoms with Crippen LogP contribution in [0.1, 0.15) is 35.4 Å². The van der Waals surface area contributed by atoms with Crippen LogP contribution in [-0.2, 0) is 0 Å². The van der Waals surface area contributed by atoms with Crippen molar-refractivity contribution in [1.82, 2.24) is 9.69 Å². The number of nitrogens with zero attached hydrogens (tertiary/aromatic N) is 1. The molecule has 5 heteroatoms. The third kappa shape index (κ3) is 3.24. The van der Waals surface area contributed by atoms with Crippen molar-refractivity contribution < 1.29 is 9.53 Å². The maximum atomic E-state index is 12.2. The van der Waals surface area contributed by atoms with Gasteiger partial charge < -0.3 is 10.1 Å². The number of ether oxygens (including phenoxy) is 1. The highest BCUT2D eigenvalue weighted by atomic mass is 32.1. The molecule has 1 saturated carbocycles. The Morgan fingerprint density at radius 2 is 2.00 bits per heavy atom. The first-order valence-corrected chi connectivity index (χ1v) is 7.95. The van der Waals surface area contributed by atoms with Crippen LogP contribution < -0.4 is 10.1 Å². The molecule has 1 amide bonds. The Labute approximate surface area is 128 Å². The van der Waals surface area contributed by atoms with Crippen molar-refractivity contribution in [2.24, 2.45) is 0 Å². The van der Waals surface area contributed by atoms with Gasteiger partial charge in [0.25, 0.3) is 5.91 Å². The van der Waals surface area contributed by atoms with Gasteiger partial charge in [-0.05, 0) is 54.7 Å². The maximum Gasteiger partial charge on any atom is 0.263 e. The molecule has 1 aliphatic carbocycles. The Kier molecular flexibility index (Phi) is 4.20. The van der Waals surface area contributed by atoms with Crippen molar-refractivity contribution in [3.63, 3.8) is 0 Å². The summed E-state index contributed by atoms with van der Waals surface area (Å²) in [6.07, 6.45) is 4.61. The quantitative estimate of drug-likeness (QED) is 0.940. The zero-order valence-corrected chi connectivity index (χ0v) is 12.8. The SMILES string of the molecule is COc1ccc(-c2cc(C(=O)NC3CCCC3)sn2)cc1. The number of methoxy groups -OCH3 is 1. The predicted octanol–water partition coefficient (Wildman–Crippen LogP) is 3.49. The Bertz CT molecular complexity index is 615. The van der Waals surface area contributed by atoms with Gasteiger partial charge in [-0.25, -0.2) is 0 Å². The molecule has 4 nitrogen and oxygen atoms in total. The molecule has 0 spiro atoms. The van der Waals surface area contributed by atoms with Gasteiger partial charge >= 0.3 is 0 Å². The highest BCUT2D eigenvalue weighted by Gasteiger charge is 2.19. The smallest absolute Gasteiger partial charge is 0.263 e. The zero-order valence-electron chi connectivity index (χ0n) is 12.0. The molecule has 1 aromatic heterocycles. The summed E-state index contributed by atoms with van der Waals surface area (Å²) >= 11 is 1.25. The van der Waals surface area contributed by atoms with E-state index in [0.717, 1.165) is 29.8 Å².